The average Bonchev–Trinajstić information content (AvgIpc) is 3.47. The quantitative estimate of drug-likeness (QED) is 0.581. The van der Waals surface area contributed by atoms with E-state index in [1.54, 1.807) is 6.26 Å². The largest absolute Gasteiger partial charge is 0.465 e. The summed E-state index contributed by atoms with van der Waals surface area (Å²) in [6.45, 7) is -0.268. The van der Waals surface area contributed by atoms with Crippen LogP contribution in [0.2, 0.25) is 0 Å². The van der Waals surface area contributed by atoms with Crippen LogP contribution < -0.4 is 5.32 Å². The van der Waals surface area contributed by atoms with Gasteiger partial charge in [0, 0.05) is 11.4 Å². The van der Waals surface area contributed by atoms with E-state index >= 15 is 0 Å². The predicted molar refractivity (Wildman–Crippen MR) is 122 cm³/mol. The number of hydrogen-bond donors (Lipinski definition) is 1. The number of fused-ring (bicyclic) bond motifs is 2. The van der Waals surface area contributed by atoms with Crippen LogP contribution in [0.15, 0.2) is 47.1 Å². The third-order valence-electron chi connectivity index (χ3n) is 6.31. The monoisotopic (exact) mass is 430 g/mol. The number of para-hydroxylation sites is 1. The van der Waals surface area contributed by atoms with Crippen LogP contribution in [0.4, 0.5) is 0 Å². The third-order valence-corrected chi connectivity index (χ3v) is 6.31. The van der Waals surface area contributed by atoms with Gasteiger partial charge in [0.15, 0.2) is 6.61 Å². The van der Waals surface area contributed by atoms with Crippen molar-refractivity contribution in [2.75, 3.05) is 6.61 Å². The van der Waals surface area contributed by atoms with E-state index in [9.17, 15) is 9.59 Å². The minimum atomic E-state index is -0.474. The first-order chi connectivity index (χ1) is 15.7. The molecule has 0 atom stereocenters. The number of ether oxygens (including phenoxy) is 1. The molecule has 1 aromatic carbocycles. The number of benzene rings is 1. The van der Waals surface area contributed by atoms with Gasteiger partial charge in [-0.3, -0.25) is 4.79 Å². The number of aromatic nitrogens is 1. The molecule has 0 saturated heterocycles. The summed E-state index contributed by atoms with van der Waals surface area (Å²) in [7, 11) is 0. The van der Waals surface area contributed by atoms with Gasteiger partial charge in [-0.15, -0.1) is 0 Å². The molecule has 164 valence electrons. The summed E-state index contributed by atoms with van der Waals surface area (Å²) >= 11 is 0. The van der Waals surface area contributed by atoms with Gasteiger partial charge >= 0.3 is 5.97 Å². The summed E-state index contributed by atoms with van der Waals surface area (Å²) in [5, 5.41) is 3.75. The highest BCUT2D eigenvalue weighted by atomic mass is 16.5. The van der Waals surface area contributed by atoms with Crippen LogP contribution in [-0.2, 0) is 16.0 Å². The fraction of sp³-hybridized carbons (Fsp3) is 0.346. The molecule has 1 saturated carbocycles. The Morgan fingerprint density at radius 3 is 2.75 bits per heavy atom. The number of pyridine rings is 1. The number of rotatable bonds is 5. The number of allylic oxidation sites excluding steroid dienone is 1. The van der Waals surface area contributed by atoms with Crippen LogP contribution in [0.5, 0.6) is 0 Å². The number of carbonyl (C=O) groups is 2. The number of amides is 1. The Hall–Kier alpha value is -3.41. The van der Waals surface area contributed by atoms with Crippen molar-refractivity contribution in [2.45, 2.75) is 51.0 Å². The molecule has 6 heteroatoms. The zero-order valence-electron chi connectivity index (χ0n) is 17.9. The first-order valence-electron chi connectivity index (χ1n) is 11.3. The van der Waals surface area contributed by atoms with Gasteiger partial charge in [0.05, 0.1) is 23.0 Å². The molecule has 3 aromatic rings. The number of nitrogens with zero attached hydrogens (tertiary/aromatic N) is 1. The summed E-state index contributed by atoms with van der Waals surface area (Å²) in [5.41, 5.74) is 3.96. The lowest BCUT2D eigenvalue weighted by atomic mass is 9.95. The van der Waals surface area contributed by atoms with Crippen molar-refractivity contribution >= 4 is 34.4 Å². The molecular weight excluding hydrogens is 404 g/mol. The number of furan rings is 1. The van der Waals surface area contributed by atoms with Crippen molar-refractivity contribution in [2.24, 2.45) is 0 Å². The van der Waals surface area contributed by atoms with Gasteiger partial charge in [0.2, 0.25) is 0 Å². The second-order valence-electron chi connectivity index (χ2n) is 8.49. The summed E-state index contributed by atoms with van der Waals surface area (Å²) in [6.07, 6.45) is 10.5. The Kier molecular flexibility index (Phi) is 5.75. The molecule has 0 bridgehead atoms. The molecule has 2 aliphatic carbocycles. The second-order valence-corrected chi connectivity index (χ2v) is 8.49. The molecule has 2 aliphatic rings. The van der Waals surface area contributed by atoms with Crippen LogP contribution in [-0.4, -0.2) is 29.5 Å². The lowest BCUT2D eigenvalue weighted by molar-refractivity contribution is -0.125. The van der Waals surface area contributed by atoms with Crippen molar-refractivity contribution in [3.8, 4) is 0 Å². The molecule has 5 rings (SSSR count). The van der Waals surface area contributed by atoms with E-state index in [0.717, 1.165) is 65.6 Å². The van der Waals surface area contributed by atoms with Crippen LogP contribution in [0.25, 0.3) is 22.6 Å². The molecule has 0 spiro atoms. The van der Waals surface area contributed by atoms with E-state index in [4.69, 9.17) is 14.1 Å². The smallest absolute Gasteiger partial charge is 0.339 e. The molecule has 0 unspecified atom stereocenters. The van der Waals surface area contributed by atoms with Gasteiger partial charge in [0.1, 0.15) is 5.76 Å². The zero-order valence-corrected chi connectivity index (χ0v) is 17.9. The Bertz CT molecular complexity index is 1170. The maximum atomic E-state index is 13.2. The van der Waals surface area contributed by atoms with Crippen molar-refractivity contribution < 1.29 is 18.7 Å². The van der Waals surface area contributed by atoms with E-state index in [-0.39, 0.29) is 18.6 Å². The Balaban J connectivity index is 1.40. The molecule has 2 heterocycles. The number of hydrogen-bond acceptors (Lipinski definition) is 5. The van der Waals surface area contributed by atoms with Gasteiger partial charge in [-0.2, -0.15) is 0 Å². The van der Waals surface area contributed by atoms with Crippen molar-refractivity contribution in [3.05, 3.63) is 65.2 Å². The normalized spacial score (nSPS) is 17.4. The molecule has 1 N–H and O–H groups in total. The maximum absolute atomic E-state index is 13.2. The number of carbonyl (C=O) groups excluding carboxylic acids is 2. The van der Waals surface area contributed by atoms with Crippen LogP contribution in [0.3, 0.4) is 0 Å². The molecule has 0 radical (unpaired) electrons. The molecule has 1 fully saturated rings. The molecule has 32 heavy (non-hydrogen) atoms. The van der Waals surface area contributed by atoms with Crippen LogP contribution >= 0.6 is 0 Å². The van der Waals surface area contributed by atoms with Gasteiger partial charge in [-0.25, -0.2) is 9.78 Å². The van der Waals surface area contributed by atoms with E-state index in [1.165, 1.54) is 6.42 Å². The summed E-state index contributed by atoms with van der Waals surface area (Å²) < 4.78 is 11.0. The number of esters is 1. The summed E-state index contributed by atoms with van der Waals surface area (Å²) in [6, 6.07) is 11.5. The number of nitrogens with one attached hydrogen (secondary N) is 1. The van der Waals surface area contributed by atoms with Crippen molar-refractivity contribution in [3.63, 3.8) is 0 Å². The van der Waals surface area contributed by atoms with Gasteiger partial charge in [-0.1, -0.05) is 37.5 Å². The van der Waals surface area contributed by atoms with Gasteiger partial charge < -0.3 is 14.5 Å². The minimum absolute atomic E-state index is 0.190. The lowest BCUT2D eigenvalue weighted by Crippen LogP contribution is -2.38. The molecule has 2 aromatic heterocycles. The highest BCUT2D eigenvalue weighted by molar-refractivity contribution is 6.07. The minimum Gasteiger partial charge on any atom is -0.465 e. The standard InChI is InChI=1S/C26H26N2O4/c29-23(27-18-7-2-1-3-8-18)16-32-26(30)24-20-10-4-5-11-22(20)28-25-17(12-13-21(24)25)15-19-9-6-14-31-19/h4-6,9-11,14-15,18H,1-3,7-8,12-13,16H2,(H,27,29)/b17-15+. The highest BCUT2D eigenvalue weighted by Gasteiger charge is 2.28. The van der Waals surface area contributed by atoms with Crippen molar-refractivity contribution in [1.82, 2.24) is 10.3 Å². The maximum Gasteiger partial charge on any atom is 0.339 e. The SMILES string of the molecule is O=C(COC(=O)c1c2c(nc3ccccc13)/C(=C/c1ccco1)CC2)NC1CCCCC1. The van der Waals surface area contributed by atoms with Crippen LogP contribution in [0, 0.1) is 0 Å². The van der Waals surface area contributed by atoms with Gasteiger partial charge in [0.25, 0.3) is 5.91 Å². The van der Waals surface area contributed by atoms with E-state index < -0.39 is 5.97 Å². The second kappa shape index (κ2) is 8.99. The Morgan fingerprint density at radius 1 is 1.09 bits per heavy atom. The molecule has 1 amide bonds. The lowest BCUT2D eigenvalue weighted by Gasteiger charge is -2.22. The summed E-state index contributed by atoms with van der Waals surface area (Å²) in [5.74, 6) is 0.0443. The van der Waals surface area contributed by atoms with E-state index in [2.05, 4.69) is 5.32 Å². The predicted octanol–water partition coefficient (Wildman–Crippen LogP) is 4.92. The van der Waals surface area contributed by atoms with Gasteiger partial charge in [-0.05, 0) is 61.1 Å². The highest BCUT2D eigenvalue weighted by Crippen LogP contribution is 2.37. The average molecular weight is 431 g/mol. The van der Waals surface area contributed by atoms with E-state index in [1.807, 2.05) is 42.5 Å². The molecule has 6 nitrogen and oxygen atoms in total. The molecular formula is C26H26N2O4. The first kappa shape index (κ1) is 20.5. The summed E-state index contributed by atoms with van der Waals surface area (Å²) in [4.78, 5) is 30.4. The van der Waals surface area contributed by atoms with E-state index in [0.29, 0.717) is 12.0 Å². The fourth-order valence-corrected chi connectivity index (χ4v) is 4.78. The first-order valence-corrected chi connectivity index (χ1v) is 11.3. The third kappa shape index (κ3) is 4.17. The van der Waals surface area contributed by atoms with Crippen LogP contribution in [0.1, 0.15) is 65.9 Å². The van der Waals surface area contributed by atoms with Crippen molar-refractivity contribution in [1.29, 1.82) is 0 Å². The fourth-order valence-electron chi connectivity index (χ4n) is 4.78. The topological polar surface area (TPSA) is 81.4 Å². The molecule has 0 aliphatic heterocycles. The Labute approximate surface area is 186 Å². The Morgan fingerprint density at radius 2 is 1.94 bits per heavy atom. The zero-order chi connectivity index (χ0) is 21.9.